The van der Waals surface area contributed by atoms with Crippen LogP contribution in [0.5, 0.6) is 0 Å². The zero-order chi connectivity index (χ0) is 11.4. The molecule has 0 saturated carbocycles. The zero-order valence-corrected chi connectivity index (χ0v) is 9.76. The third-order valence-corrected chi connectivity index (χ3v) is 1.72. The lowest BCUT2D eigenvalue weighted by molar-refractivity contribution is 0.360. The summed E-state index contributed by atoms with van der Waals surface area (Å²) in [6.07, 6.45) is 4.00. The number of halogens is 1. The number of allylic oxidation sites excluding steroid dienone is 1. The third-order valence-electron chi connectivity index (χ3n) is 1.72. The molecule has 0 spiro atoms. The molecule has 0 aromatic heterocycles. The number of aliphatic imine (C=N–C) groups is 1. The molecular weight excluding hydrogens is 179 g/mol. The fourth-order valence-corrected chi connectivity index (χ4v) is 0.676. The summed E-state index contributed by atoms with van der Waals surface area (Å²) in [6, 6.07) is 0. The maximum atomic E-state index is 12.2. The van der Waals surface area contributed by atoms with Gasteiger partial charge < -0.3 is 5.73 Å². The highest BCUT2D eigenvalue weighted by Crippen LogP contribution is 2.03. The number of rotatable bonds is 5. The SMILES string of the molecule is CC.CCC(CF)CN=C/C(C)=C\N. The van der Waals surface area contributed by atoms with Crippen LogP contribution in [-0.2, 0) is 0 Å². The molecule has 2 nitrogen and oxygen atoms in total. The van der Waals surface area contributed by atoms with Gasteiger partial charge in [0.1, 0.15) is 0 Å². The quantitative estimate of drug-likeness (QED) is 0.684. The molecule has 14 heavy (non-hydrogen) atoms. The summed E-state index contributed by atoms with van der Waals surface area (Å²) < 4.78 is 12.2. The van der Waals surface area contributed by atoms with E-state index in [4.69, 9.17) is 5.73 Å². The van der Waals surface area contributed by atoms with Crippen LogP contribution < -0.4 is 5.73 Å². The van der Waals surface area contributed by atoms with Crippen LogP contribution in [0.4, 0.5) is 4.39 Å². The molecule has 0 aliphatic carbocycles. The third kappa shape index (κ3) is 9.23. The maximum absolute atomic E-state index is 12.2. The lowest BCUT2D eigenvalue weighted by Crippen LogP contribution is -2.05. The second kappa shape index (κ2) is 12.1. The second-order valence-electron chi connectivity index (χ2n) is 2.83. The van der Waals surface area contributed by atoms with Crippen molar-refractivity contribution in [2.45, 2.75) is 34.1 Å². The minimum atomic E-state index is -0.292. The van der Waals surface area contributed by atoms with Gasteiger partial charge in [-0.1, -0.05) is 20.8 Å². The van der Waals surface area contributed by atoms with E-state index in [0.717, 1.165) is 12.0 Å². The van der Waals surface area contributed by atoms with Gasteiger partial charge in [-0.05, 0) is 25.1 Å². The Morgan fingerprint density at radius 2 is 2.07 bits per heavy atom. The standard InChI is InChI=1S/C9H17FN2.C2H6/c1-3-9(4-10)7-12-6-8(2)5-11;1-2/h5-6,9H,3-4,7,11H2,1-2H3;1-2H3/b8-5-,12-6?;. The second-order valence-corrected chi connectivity index (χ2v) is 2.83. The first-order valence-corrected chi connectivity index (χ1v) is 5.18. The van der Waals surface area contributed by atoms with E-state index in [1.807, 2.05) is 27.7 Å². The Hall–Kier alpha value is -0.860. The van der Waals surface area contributed by atoms with Gasteiger partial charge in [0.15, 0.2) is 0 Å². The van der Waals surface area contributed by atoms with Gasteiger partial charge in [0, 0.05) is 18.7 Å². The molecule has 0 aliphatic rings. The molecule has 0 amide bonds. The van der Waals surface area contributed by atoms with Crippen molar-refractivity contribution in [2.24, 2.45) is 16.6 Å². The van der Waals surface area contributed by atoms with Crippen LogP contribution >= 0.6 is 0 Å². The fraction of sp³-hybridized carbons (Fsp3) is 0.727. The van der Waals surface area contributed by atoms with Gasteiger partial charge in [0.25, 0.3) is 0 Å². The molecule has 0 aromatic carbocycles. The van der Waals surface area contributed by atoms with E-state index in [-0.39, 0.29) is 12.6 Å². The lowest BCUT2D eigenvalue weighted by Gasteiger charge is -2.04. The number of nitrogens with two attached hydrogens (primary N) is 1. The van der Waals surface area contributed by atoms with Gasteiger partial charge in [-0.2, -0.15) is 0 Å². The summed E-state index contributed by atoms with van der Waals surface area (Å²) in [6.45, 7) is 8.09. The molecule has 0 aliphatic heterocycles. The number of alkyl halides is 1. The first kappa shape index (κ1) is 15.6. The molecule has 0 heterocycles. The molecule has 0 aromatic rings. The molecule has 0 rings (SSSR count). The van der Waals surface area contributed by atoms with Gasteiger partial charge in [-0.15, -0.1) is 0 Å². The highest BCUT2D eigenvalue weighted by Gasteiger charge is 2.02. The van der Waals surface area contributed by atoms with Gasteiger partial charge >= 0.3 is 0 Å². The van der Waals surface area contributed by atoms with E-state index in [2.05, 4.69) is 4.99 Å². The molecule has 1 unspecified atom stereocenters. The molecule has 1 atom stereocenters. The first-order chi connectivity index (χ1) is 6.74. The number of hydrogen-bond acceptors (Lipinski definition) is 2. The van der Waals surface area contributed by atoms with E-state index in [9.17, 15) is 4.39 Å². The highest BCUT2D eigenvalue weighted by molar-refractivity contribution is 5.77. The van der Waals surface area contributed by atoms with E-state index < -0.39 is 0 Å². The Kier molecular flexibility index (Phi) is 13.5. The smallest absolute Gasteiger partial charge is 0.0940 e. The average Bonchev–Trinajstić information content (AvgIpc) is 2.27. The molecule has 84 valence electrons. The lowest BCUT2D eigenvalue weighted by atomic mass is 10.1. The molecule has 0 radical (unpaired) electrons. The average molecular weight is 202 g/mol. The summed E-state index contributed by atoms with van der Waals surface area (Å²) in [4.78, 5) is 4.07. The van der Waals surface area contributed by atoms with Crippen molar-refractivity contribution in [3.63, 3.8) is 0 Å². The molecule has 0 fully saturated rings. The molecular formula is C11H23FN2. The Labute approximate surface area is 87.1 Å². The van der Waals surface area contributed by atoms with Crippen molar-refractivity contribution in [1.82, 2.24) is 0 Å². The van der Waals surface area contributed by atoms with Crippen LogP contribution in [0, 0.1) is 5.92 Å². The Bertz CT molecular complexity index is 161. The van der Waals surface area contributed by atoms with Crippen molar-refractivity contribution in [2.75, 3.05) is 13.2 Å². The van der Waals surface area contributed by atoms with Crippen LogP contribution in [0.3, 0.4) is 0 Å². The Morgan fingerprint density at radius 3 is 2.43 bits per heavy atom. The molecule has 3 heteroatoms. The Balaban J connectivity index is 0. The summed E-state index contributed by atoms with van der Waals surface area (Å²) in [5.74, 6) is 0.0619. The van der Waals surface area contributed by atoms with E-state index >= 15 is 0 Å². The highest BCUT2D eigenvalue weighted by atomic mass is 19.1. The zero-order valence-electron chi connectivity index (χ0n) is 9.76. The summed E-state index contributed by atoms with van der Waals surface area (Å²) in [5.41, 5.74) is 6.13. The van der Waals surface area contributed by atoms with Gasteiger partial charge in [-0.3, -0.25) is 9.38 Å². The predicted molar refractivity (Wildman–Crippen MR) is 62.4 cm³/mol. The number of nitrogens with zero attached hydrogens (tertiary/aromatic N) is 1. The molecule has 2 N–H and O–H groups in total. The summed E-state index contributed by atoms with van der Waals surface area (Å²) in [5, 5.41) is 0. The van der Waals surface area contributed by atoms with Crippen LogP contribution in [0.25, 0.3) is 0 Å². The minimum absolute atomic E-state index is 0.0619. The maximum Gasteiger partial charge on any atom is 0.0940 e. The van der Waals surface area contributed by atoms with Crippen LogP contribution in [0.1, 0.15) is 34.1 Å². The van der Waals surface area contributed by atoms with Gasteiger partial charge in [-0.25, -0.2) is 0 Å². The Morgan fingerprint density at radius 1 is 1.50 bits per heavy atom. The fourth-order valence-electron chi connectivity index (χ4n) is 0.676. The van der Waals surface area contributed by atoms with Crippen molar-refractivity contribution >= 4 is 6.21 Å². The monoisotopic (exact) mass is 202 g/mol. The minimum Gasteiger partial charge on any atom is -0.404 e. The summed E-state index contributed by atoms with van der Waals surface area (Å²) >= 11 is 0. The van der Waals surface area contributed by atoms with E-state index in [0.29, 0.717) is 6.54 Å². The first-order valence-electron chi connectivity index (χ1n) is 5.18. The number of hydrogen-bond donors (Lipinski definition) is 1. The van der Waals surface area contributed by atoms with Crippen molar-refractivity contribution in [1.29, 1.82) is 0 Å². The molecule has 0 bridgehead atoms. The van der Waals surface area contributed by atoms with E-state index in [1.165, 1.54) is 6.20 Å². The molecule has 0 saturated heterocycles. The van der Waals surface area contributed by atoms with Gasteiger partial charge in [0.05, 0.1) is 6.67 Å². The van der Waals surface area contributed by atoms with Crippen molar-refractivity contribution in [3.05, 3.63) is 11.8 Å². The summed E-state index contributed by atoms with van der Waals surface area (Å²) in [7, 11) is 0. The normalized spacial score (nSPS) is 13.6. The van der Waals surface area contributed by atoms with Crippen molar-refractivity contribution < 1.29 is 4.39 Å². The van der Waals surface area contributed by atoms with E-state index in [1.54, 1.807) is 6.21 Å². The van der Waals surface area contributed by atoms with Crippen molar-refractivity contribution in [3.8, 4) is 0 Å². The van der Waals surface area contributed by atoms with Crippen LogP contribution in [0.2, 0.25) is 0 Å². The largest absolute Gasteiger partial charge is 0.404 e. The van der Waals surface area contributed by atoms with Crippen LogP contribution in [-0.4, -0.2) is 19.4 Å². The topological polar surface area (TPSA) is 38.4 Å². The predicted octanol–water partition coefficient (Wildman–Crippen LogP) is 2.94. The van der Waals surface area contributed by atoms with Gasteiger partial charge in [0.2, 0.25) is 0 Å². The van der Waals surface area contributed by atoms with Crippen LogP contribution in [0.15, 0.2) is 16.8 Å².